The quantitative estimate of drug-likeness (QED) is 0.453. The summed E-state index contributed by atoms with van der Waals surface area (Å²) < 4.78 is 14.4. The lowest BCUT2D eigenvalue weighted by molar-refractivity contribution is -0.0425. The van der Waals surface area contributed by atoms with Gasteiger partial charge in [0.15, 0.2) is 5.60 Å². The number of carbonyl (C=O) groups is 1. The lowest BCUT2D eigenvalue weighted by Crippen LogP contribution is -2.36. The van der Waals surface area contributed by atoms with E-state index >= 15 is 0 Å². The molecule has 7 heteroatoms. The number of hydrogen-bond acceptors (Lipinski definition) is 5. The fraction of sp³-hybridized carbons (Fsp3) is 0.250. The standard InChI is InChI=1S/C20H18IN3O3/c21-17-6-4-16(5-7-17)19(25)27-18(12-24-11-10-23-15-24)13-26-20(14-22)8-2-1-3-9-20/h1-8,10-11,15,18H,9,12-13H2. The van der Waals surface area contributed by atoms with Crippen molar-refractivity contribution < 1.29 is 14.3 Å². The summed E-state index contributed by atoms with van der Waals surface area (Å²) in [6.07, 6.45) is 12.3. The van der Waals surface area contributed by atoms with Gasteiger partial charge in [-0.25, -0.2) is 9.78 Å². The van der Waals surface area contributed by atoms with Crippen molar-refractivity contribution in [1.29, 1.82) is 5.26 Å². The predicted octanol–water partition coefficient (Wildman–Crippen LogP) is 3.51. The number of nitriles is 1. The third-order valence-electron chi connectivity index (χ3n) is 4.08. The van der Waals surface area contributed by atoms with Crippen LogP contribution in [-0.4, -0.2) is 33.8 Å². The number of benzene rings is 1. The van der Waals surface area contributed by atoms with Crippen LogP contribution in [0.3, 0.4) is 0 Å². The Morgan fingerprint density at radius 3 is 2.81 bits per heavy atom. The summed E-state index contributed by atoms with van der Waals surface area (Å²) in [5.41, 5.74) is -0.557. The van der Waals surface area contributed by atoms with Crippen LogP contribution in [0, 0.1) is 14.9 Å². The van der Waals surface area contributed by atoms with E-state index in [9.17, 15) is 10.1 Å². The maximum atomic E-state index is 12.5. The van der Waals surface area contributed by atoms with Crippen LogP contribution in [0.2, 0.25) is 0 Å². The summed E-state index contributed by atoms with van der Waals surface area (Å²) >= 11 is 2.18. The minimum atomic E-state index is -1.03. The number of imidazole rings is 1. The lowest BCUT2D eigenvalue weighted by Gasteiger charge is -2.27. The highest BCUT2D eigenvalue weighted by atomic mass is 127. The van der Waals surface area contributed by atoms with Gasteiger partial charge in [-0.05, 0) is 52.9 Å². The van der Waals surface area contributed by atoms with Crippen LogP contribution in [-0.2, 0) is 16.0 Å². The molecule has 0 amide bonds. The molecule has 0 fully saturated rings. The van der Waals surface area contributed by atoms with Crippen LogP contribution in [0.25, 0.3) is 0 Å². The summed E-state index contributed by atoms with van der Waals surface area (Å²) in [6, 6.07) is 9.35. The van der Waals surface area contributed by atoms with Gasteiger partial charge in [-0.1, -0.05) is 18.2 Å². The van der Waals surface area contributed by atoms with Gasteiger partial charge >= 0.3 is 5.97 Å². The van der Waals surface area contributed by atoms with Gasteiger partial charge in [-0.3, -0.25) is 0 Å². The first kappa shape index (κ1) is 19.3. The fourth-order valence-electron chi connectivity index (χ4n) is 2.62. The van der Waals surface area contributed by atoms with Crippen molar-refractivity contribution in [3.8, 4) is 6.07 Å². The highest BCUT2D eigenvalue weighted by Crippen LogP contribution is 2.22. The van der Waals surface area contributed by atoms with Crippen molar-refractivity contribution in [3.63, 3.8) is 0 Å². The molecule has 0 saturated carbocycles. The van der Waals surface area contributed by atoms with Crippen LogP contribution in [0.4, 0.5) is 0 Å². The third kappa shape index (κ3) is 5.28. The van der Waals surface area contributed by atoms with E-state index in [4.69, 9.17) is 9.47 Å². The van der Waals surface area contributed by atoms with E-state index in [0.29, 0.717) is 18.5 Å². The summed E-state index contributed by atoms with van der Waals surface area (Å²) in [7, 11) is 0. The first-order valence-electron chi connectivity index (χ1n) is 8.42. The number of allylic oxidation sites excluding steroid dienone is 2. The van der Waals surface area contributed by atoms with Crippen molar-refractivity contribution in [2.24, 2.45) is 0 Å². The molecule has 6 nitrogen and oxygen atoms in total. The molecule has 0 radical (unpaired) electrons. The Balaban J connectivity index is 1.69. The summed E-state index contributed by atoms with van der Waals surface area (Å²) in [5, 5.41) is 9.51. The number of nitrogens with zero attached hydrogens (tertiary/aromatic N) is 3. The zero-order chi connectivity index (χ0) is 19.1. The minimum Gasteiger partial charge on any atom is -0.454 e. The second-order valence-electron chi connectivity index (χ2n) is 6.10. The number of carbonyl (C=O) groups excluding carboxylic acids is 1. The molecular formula is C20H18IN3O3. The number of ether oxygens (including phenoxy) is 2. The molecule has 0 N–H and O–H groups in total. The number of halogens is 1. The van der Waals surface area contributed by atoms with Gasteiger partial charge in [0.05, 0.1) is 25.0 Å². The Labute approximate surface area is 171 Å². The average molecular weight is 475 g/mol. The summed E-state index contributed by atoms with van der Waals surface area (Å²) in [5.74, 6) is -0.426. The number of esters is 1. The molecule has 0 spiro atoms. The molecule has 2 atom stereocenters. The fourth-order valence-corrected chi connectivity index (χ4v) is 2.98. The molecule has 138 valence electrons. The minimum absolute atomic E-state index is 0.0973. The highest BCUT2D eigenvalue weighted by Gasteiger charge is 2.30. The maximum absolute atomic E-state index is 12.5. The van der Waals surface area contributed by atoms with Crippen LogP contribution in [0.5, 0.6) is 0 Å². The summed E-state index contributed by atoms with van der Waals surface area (Å²) in [6.45, 7) is 0.483. The molecule has 1 aliphatic rings. The van der Waals surface area contributed by atoms with Crippen molar-refractivity contribution in [3.05, 3.63) is 76.4 Å². The molecule has 1 aliphatic carbocycles. The molecule has 27 heavy (non-hydrogen) atoms. The number of rotatable bonds is 7. The predicted molar refractivity (Wildman–Crippen MR) is 108 cm³/mol. The summed E-state index contributed by atoms with van der Waals surface area (Å²) in [4.78, 5) is 16.5. The average Bonchev–Trinajstić information content (AvgIpc) is 3.20. The molecule has 0 bridgehead atoms. The first-order chi connectivity index (χ1) is 13.1. The van der Waals surface area contributed by atoms with Crippen molar-refractivity contribution in [2.45, 2.75) is 24.7 Å². The molecular weight excluding hydrogens is 457 g/mol. The van der Waals surface area contributed by atoms with E-state index in [1.165, 1.54) is 0 Å². The Bertz CT molecular complexity index is 869. The van der Waals surface area contributed by atoms with E-state index in [1.54, 1.807) is 43.0 Å². The zero-order valence-corrected chi connectivity index (χ0v) is 16.7. The van der Waals surface area contributed by atoms with Gasteiger partial charge in [0.25, 0.3) is 0 Å². The lowest BCUT2D eigenvalue weighted by atomic mass is 9.97. The van der Waals surface area contributed by atoms with Crippen LogP contribution < -0.4 is 0 Å². The molecule has 3 rings (SSSR count). The first-order valence-corrected chi connectivity index (χ1v) is 9.50. The Morgan fingerprint density at radius 2 is 2.19 bits per heavy atom. The SMILES string of the molecule is N#CC1(OCC(Cn2ccnc2)OC(=O)c2ccc(I)cc2)C=CC=CC1. The van der Waals surface area contributed by atoms with E-state index in [2.05, 4.69) is 33.6 Å². The molecule has 2 unspecified atom stereocenters. The van der Waals surface area contributed by atoms with Crippen LogP contribution >= 0.6 is 22.6 Å². The number of aromatic nitrogens is 2. The Kier molecular flexibility index (Phi) is 6.42. The second-order valence-corrected chi connectivity index (χ2v) is 7.34. The molecule has 0 saturated heterocycles. The molecule has 1 heterocycles. The van der Waals surface area contributed by atoms with E-state index < -0.39 is 17.7 Å². The zero-order valence-electron chi connectivity index (χ0n) is 14.5. The highest BCUT2D eigenvalue weighted by molar-refractivity contribution is 14.1. The normalized spacial score (nSPS) is 19.4. The monoisotopic (exact) mass is 475 g/mol. The van der Waals surface area contributed by atoms with Gasteiger partial charge in [-0.2, -0.15) is 5.26 Å². The van der Waals surface area contributed by atoms with Gasteiger partial charge in [0.1, 0.15) is 12.2 Å². The van der Waals surface area contributed by atoms with Crippen LogP contribution in [0.1, 0.15) is 16.8 Å². The molecule has 1 aromatic heterocycles. The largest absolute Gasteiger partial charge is 0.454 e. The van der Waals surface area contributed by atoms with Gasteiger partial charge in [0.2, 0.25) is 0 Å². The number of hydrogen-bond donors (Lipinski definition) is 0. The second kappa shape index (κ2) is 8.97. The van der Waals surface area contributed by atoms with Crippen molar-refractivity contribution in [2.75, 3.05) is 6.61 Å². The smallest absolute Gasteiger partial charge is 0.338 e. The van der Waals surface area contributed by atoms with E-state index in [0.717, 1.165) is 3.57 Å². The van der Waals surface area contributed by atoms with Gasteiger partial charge in [-0.15, -0.1) is 0 Å². The Hall–Kier alpha value is -2.44. The molecule has 2 aromatic rings. The van der Waals surface area contributed by atoms with E-state index in [-0.39, 0.29) is 6.61 Å². The molecule has 1 aromatic carbocycles. The van der Waals surface area contributed by atoms with Gasteiger partial charge in [0, 0.05) is 22.4 Å². The topological polar surface area (TPSA) is 77.1 Å². The van der Waals surface area contributed by atoms with E-state index in [1.807, 2.05) is 28.9 Å². The maximum Gasteiger partial charge on any atom is 0.338 e. The van der Waals surface area contributed by atoms with Gasteiger partial charge < -0.3 is 14.0 Å². The van der Waals surface area contributed by atoms with Crippen LogP contribution in [0.15, 0.2) is 67.3 Å². The van der Waals surface area contributed by atoms with Crippen molar-refractivity contribution in [1.82, 2.24) is 9.55 Å². The third-order valence-corrected chi connectivity index (χ3v) is 4.80. The van der Waals surface area contributed by atoms with Crippen molar-refractivity contribution >= 4 is 28.6 Å². The Morgan fingerprint density at radius 1 is 1.37 bits per heavy atom. The molecule has 0 aliphatic heterocycles.